The third-order valence-corrected chi connectivity index (χ3v) is 2.94. The lowest BCUT2D eigenvalue weighted by molar-refractivity contribution is 0.100. The van der Waals surface area contributed by atoms with Gasteiger partial charge in [0.15, 0.2) is 0 Å². The second-order valence-corrected chi connectivity index (χ2v) is 4.29. The van der Waals surface area contributed by atoms with Crippen molar-refractivity contribution in [3.63, 3.8) is 0 Å². The Kier molecular flexibility index (Phi) is 4.53. The smallest absolute Gasteiger partial charge is 0.255 e. The molecule has 114 valence electrons. The van der Waals surface area contributed by atoms with Gasteiger partial charge in [-0.05, 0) is 18.1 Å². The first-order valence-electron chi connectivity index (χ1n) is 6.40. The first kappa shape index (κ1) is 15.3. The topological polar surface area (TPSA) is 102 Å². The van der Waals surface area contributed by atoms with Crippen molar-refractivity contribution < 1.29 is 14.3 Å². The van der Waals surface area contributed by atoms with Crippen LogP contribution in [0.5, 0.6) is 11.5 Å². The molecule has 0 atom stereocenters. The van der Waals surface area contributed by atoms with Crippen molar-refractivity contribution in [2.45, 2.75) is 0 Å². The number of carbonyl (C=O) groups excluding carboxylic acids is 1. The molecule has 2 rings (SSSR count). The van der Waals surface area contributed by atoms with E-state index in [1.54, 1.807) is 39.5 Å². The van der Waals surface area contributed by atoms with Crippen LogP contribution in [0.2, 0.25) is 0 Å². The molecule has 4 N–H and O–H groups in total. The minimum absolute atomic E-state index is 0.227. The molecule has 0 aliphatic rings. The third-order valence-electron chi connectivity index (χ3n) is 2.94. The molecule has 22 heavy (non-hydrogen) atoms. The van der Waals surface area contributed by atoms with Gasteiger partial charge in [0.25, 0.3) is 5.91 Å². The molecular formula is C15H16N4O3. The molecule has 2 aromatic rings. The number of hydrogen-bond acceptors (Lipinski definition) is 5. The first-order chi connectivity index (χ1) is 10.6. The van der Waals surface area contributed by atoms with Crippen molar-refractivity contribution in [3.8, 4) is 23.3 Å². The van der Waals surface area contributed by atoms with E-state index in [4.69, 9.17) is 15.2 Å². The van der Waals surface area contributed by atoms with Gasteiger partial charge in [0, 0.05) is 18.7 Å². The molecule has 0 fully saturated rings. The summed E-state index contributed by atoms with van der Waals surface area (Å²) in [4.78, 5) is 11.5. The third kappa shape index (κ3) is 3.12. The van der Waals surface area contributed by atoms with Gasteiger partial charge in [0.2, 0.25) is 0 Å². The summed E-state index contributed by atoms with van der Waals surface area (Å²) in [5.74, 6) is 6.81. The summed E-state index contributed by atoms with van der Waals surface area (Å²) in [5.41, 5.74) is 6.52. The van der Waals surface area contributed by atoms with E-state index in [0.29, 0.717) is 22.9 Å². The van der Waals surface area contributed by atoms with Crippen molar-refractivity contribution in [3.05, 3.63) is 35.0 Å². The molecule has 0 aliphatic heterocycles. The molecule has 7 heteroatoms. The summed E-state index contributed by atoms with van der Waals surface area (Å²) in [5, 5.41) is 9.46. The summed E-state index contributed by atoms with van der Waals surface area (Å²) in [6.07, 6.45) is 0. The van der Waals surface area contributed by atoms with Crippen molar-refractivity contribution >= 4 is 11.7 Å². The Morgan fingerprint density at radius 1 is 1.23 bits per heavy atom. The van der Waals surface area contributed by atoms with E-state index in [-0.39, 0.29) is 11.3 Å². The average molecular weight is 300 g/mol. The number of primary amides is 1. The van der Waals surface area contributed by atoms with E-state index >= 15 is 0 Å². The Morgan fingerprint density at radius 2 is 1.86 bits per heavy atom. The Labute approximate surface area is 127 Å². The Bertz CT molecular complexity index is 734. The molecule has 0 spiro atoms. The van der Waals surface area contributed by atoms with Crippen LogP contribution in [-0.4, -0.2) is 37.4 Å². The molecule has 1 aromatic carbocycles. The summed E-state index contributed by atoms with van der Waals surface area (Å²) < 4.78 is 10.4. The van der Waals surface area contributed by atoms with Gasteiger partial charge in [-0.15, -0.1) is 0 Å². The van der Waals surface area contributed by atoms with Gasteiger partial charge >= 0.3 is 0 Å². The molecule has 7 nitrogen and oxygen atoms in total. The lowest BCUT2D eigenvalue weighted by atomic mass is 10.1. The van der Waals surface area contributed by atoms with Gasteiger partial charge in [-0.25, -0.2) is 0 Å². The zero-order valence-corrected chi connectivity index (χ0v) is 12.5. The van der Waals surface area contributed by atoms with Gasteiger partial charge in [-0.2, -0.15) is 5.10 Å². The van der Waals surface area contributed by atoms with Crippen molar-refractivity contribution in [1.29, 1.82) is 0 Å². The number of carbonyl (C=O) groups is 1. The van der Waals surface area contributed by atoms with E-state index in [1.807, 2.05) is 0 Å². The predicted molar refractivity (Wildman–Crippen MR) is 82.2 cm³/mol. The van der Waals surface area contributed by atoms with Crippen LogP contribution in [0, 0.1) is 11.8 Å². The zero-order chi connectivity index (χ0) is 16.1. The number of aromatic amines is 1. The second-order valence-electron chi connectivity index (χ2n) is 4.29. The van der Waals surface area contributed by atoms with E-state index in [2.05, 4.69) is 27.4 Å². The van der Waals surface area contributed by atoms with Crippen LogP contribution in [0.1, 0.15) is 21.6 Å². The van der Waals surface area contributed by atoms with E-state index in [0.717, 1.165) is 0 Å². The summed E-state index contributed by atoms with van der Waals surface area (Å²) in [7, 11) is 4.78. The zero-order valence-electron chi connectivity index (χ0n) is 12.5. The van der Waals surface area contributed by atoms with Crippen LogP contribution in [0.3, 0.4) is 0 Å². The van der Waals surface area contributed by atoms with Gasteiger partial charge in [-0.3, -0.25) is 9.89 Å². The number of benzene rings is 1. The fourth-order valence-electron chi connectivity index (χ4n) is 1.86. The number of nitrogens with two attached hydrogens (primary N) is 1. The van der Waals surface area contributed by atoms with E-state index in [1.165, 1.54) is 0 Å². The standard InChI is InChI=1S/C15H16N4O3/c1-17-15-13(14(16)20)12(18-19-15)5-4-9-6-10(21-2)8-11(7-9)22-3/h6-8H,1-3H3,(H2,16,20)(H2,17,18,19). The highest BCUT2D eigenvalue weighted by Gasteiger charge is 2.15. The predicted octanol–water partition coefficient (Wildman–Crippen LogP) is 0.967. The molecule has 1 heterocycles. The number of rotatable bonds is 4. The maximum atomic E-state index is 11.5. The van der Waals surface area contributed by atoms with Crippen LogP contribution in [-0.2, 0) is 0 Å². The number of amides is 1. The van der Waals surface area contributed by atoms with Gasteiger partial charge < -0.3 is 20.5 Å². The number of anilines is 1. The van der Waals surface area contributed by atoms with E-state index < -0.39 is 5.91 Å². The summed E-state index contributed by atoms with van der Waals surface area (Å²) >= 11 is 0. The maximum Gasteiger partial charge on any atom is 0.255 e. The lowest BCUT2D eigenvalue weighted by Crippen LogP contribution is -2.13. The molecule has 1 amide bonds. The van der Waals surface area contributed by atoms with Crippen LogP contribution in [0.4, 0.5) is 5.82 Å². The number of aromatic nitrogens is 2. The average Bonchev–Trinajstić information content (AvgIpc) is 2.95. The van der Waals surface area contributed by atoms with Gasteiger partial charge in [-0.1, -0.05) is 5.92 Å². The molecule has 0 bridgehead atoms. The van der Waals surface area contributed by atoms with Crippen LogP contribution < -0.4 is 20.5 Å². The first-order valence-corrected chi connectivity index (χ1v) is 6.40. The molecule has 0 aliphatic carbocycles. The number of methoxy groups -OCH3 is 2. The molecule has 1 aromatic heterocycles. The Morgan fingerprint density at radius 3 is 2.36 bits per heavy atom. The van der Waals surface area contributed by atoms with Crippen LogP contribution >= 0.6 is 0 Å². The fraction of sp³-hybridized carbons (Fsp3) is 0.200. The molecular weight excluding hydrogens is 284 g/mol. The number of nitrogens with one attached hydrogen (secondary N) is 2. The van der Waals surface area contributed by atoms with Gasteiger partial charge in [0.05, 0.1) is 14.2 Å². The summed E-state index contributed by atoms with van der Waals surface area (Å²) in [6, 6.07) is 5.25. The molecule has 0 unspecified atom stereocenters. The number of hydrogen-bond donors (Lipinski definition) is 3. The van der Waals surface area contributed by atoms with Crippen molar-refractivity contribution in [2.24, 2.45) is 5.73 Å². The fourth-order valence-corrected chi connectivity index (χ4v) is 1.86. The van der Waals surface area contributed by atoms with Crippen LogP contribution in [0.15, 0.2) is 18.2 Å². The Hall–Kier alpha value is -3.14. The normalized spacial score (nSPS) is 9.59. The molecule has 0 saturated heterocycles. The SMILES string of the molecule is CNc1[nH]nc(C#Cc2cc(OC)cc(OC)c2)c1C(N)=O. The Balaban J connectivity index is 2.43. The highest BCUT2D eigenvalue weighted by molar-refractivity contribution is 5.99. The molecule has 0 radical (unpaired) electrons. The van der Waals surface area contributed by atoms with Crippen LogP contribution in [0.25, 0.3) is 0 Å². The number of ether oxygens (including phenoxy) is 2. The van der Waals surface area contributed by atoms with Crippen molar-refractivity contribution in [2.75, 3.05) is 26.6 Å². The highest BCUT2D eigenvalue weighted by Crippen LogP contribution is 2.22. The largest absolute Gasteiger partial charge is 0.497 e. The number of nitrogens with zero attached hydrogens (tertiary/aromatic N) is 1. The molecule has 0 saturated carbocycles. The quantitative estimate of drug-likeness (QED) is 0.730. The highest BCUT2D eigenvalue weighted by atomic mass is 16.5. The van der Waals surface area contributed by atoms with Gasteiger partial charge in [0.1, 0.15) is 28.6 Å². The lowest BCUT2D eigenvalue weighted by Gasteiger charge is -2.04. The second kappa shape index (κ2) is 6.54. The van der Waals surface area contributed by atoms with Crippen molar-refractivity contribution in [1.82, 2.24) is 10.2 Å². The maximum absolute atomic E-state index is 11.5. The summed E-state index contributed by atoms with van der Waals surface area (Å²) in [6.45, 7) is 0. The van der Waals surface area contributed by atoms with E-state index in [9.17, 15) is 4.79 Å². The number of H-pyrrole nitrogens is 1. The minimum Gasteiger partial charge on any atom is -0.497 e. The monoisotopic (exact) mass is 300 g/mol. The minimum atomic E-state index is -0.606.